The van der Waals surface area contributed by atoms with Crippen molar-refractivity contribution in [2.24, 2.45) is 0 Å². The van der Waals surface area contributed by atoms with E-state index in [4.69, 9.17) is 9.47 Å². The van der Waals surface area contributed by atoms with E-state index in [1.807, 2.05) is 42.5 Å². The largest absolute Gasteiger partial charge is 0.374 e. The summed E-state index contributed by atoms with van der Waals surface area (Å²) in [4.78, 5) is 15.0. The van der Waals surface area contributed by atoms with Gasteiger partial charge in [-0.25, -0.2) is 0 Å². The molecular formula is C29H33NO3. The molecule has 0 bridgehead atoms. The van der Waals surface area contributed by atoms with Gasteiger partial charge in [-0.1, -0.05) is 91.0 Å². The smallest absolute Gasteiger partial charge is 0.135 e. The molecule has 0 aliphatic carbocycles. The lowest BCUT2D eigenvalue weighted by Gasteiger charge is -2.43. The molecule has 172 valence electrons. The Bertz CT molecular complexity index is 978. The fourth-order valence-electron chi connectivity index (χ4n) is 4.54. The molecule has 3 atom stereocenters. The summed E-state index contributed by atoms with van der Waals surface area (Å²) >= 11 is 0. The quantitative estimate of drug-likeness (QED) is 0.410. The fraction of sp³-hybridized carbons (Fsp3) is 0.345. The van der Waals surface area contributed by atoms with E-state index in [2.05, 4.69) is 60.4 Å². The third-order valence-corrected chi connectivity index (χ3v) is 6.42. The Morgan fingerprint density at radius 2 is 1.42 bits per heavy atom. The van der Waals surface area contributed by atoms with Gasteiger partial charge in [0.2, 0.25) is 0 Å². The van der Waals surface area contributed by atoms with Crippen LogP contribution in [0.3, 0.4) is 0 Å². The highest BCUT2D eigenvalue weighted by molar-refractivity contribution is 5.80. The maximum absolute atomic E-state index is 12.5. The number of ether oxygens (including phenoxy) is 2. The number of ketones is 1. The number of benzene rings is 3. The molecule has 3 aromatic rings. The Morgan fingerprint density at radius 1 is 0.848 bits per heavy atom. The van der Waals surface area contributed by atoms with Crippen molar-refractivity contribution >= 4 is 5.78 Å². The van der Waals surface area contributed by atoms with Crippen LogP contribution in [0.1, 0.15) is 42.5 Å². The average molecular weight is 444 g/mol. The van der Waals surface area contributed by atoms with Crippen LogP contribution in [0.5, 0.6) is 0 Å². The summed E-state index contributed by atoms with van der Waals surface area (Å²) in [5.74, 6) is 0.299. The first-order chi connectivity index (χ1) is 16.2. The maximum Gasteiger partial charge on any atom is 0.135 e. The van der Waals surface area contributed by atoms with Crippen LogP contribution in [-0.4, -0.2) is 36.0 Å². The Kier molecular flexibility index (Phi) is 8.42. The van der Waals surface area contributed by atoms with Crippen LogP contribution in [0.2, 0.25) is 0 Å². The minimum atomic E-state index is -0.204. The van der Waals surface area contributed by atoms with E-state index < -0.39 is 0 Å². The minimum absolute atomic E-state index is 0.0269. The normalized spacial score (nSPS) is 18.7. The zero-order chi connectivity index (χ0) is 22.9. The molecule has 4 rings (SSSR count). The minimum Gasteiger partial charge on any atom is -0.374 e. The molecule has 3 aromatic carbocycles. The average Bonchev–Trinajstić information content (AvgIpc) is 2.87. The van der Waals surface area contributed by atoms with Crippen molar-refractivity contribution in [3.8, 4) is 0 Å². The van der Waals surface area contributed by atoms with Crippen LogP contribution in [-0.2, 0) is 27.5 Å². The lowest BCUT2D eigenvalue weighted by Crippen LogP contribution is -2.52. The molecule has 0 saturated carbocycles. The SMILES string of the molecule is C[C@@H](c1ccccc1)N1CCC(=O)C[C@@H]1[C@@H](COCc1ccccc1)OCc1ccccc1. The van der Waals surface area contributed by atoms with Crippen molar-refractivity contribution in [1.82, 2.24) is 4.90 Å². The first-order valence-corrected chi connectivity index (χ1v) is 11.8. The molecule has 1 fully saturated rings. The predicted octanol–water partition coefficient (Wildman–Crippen LogP) is 5.58. The molecule has 4 nitrogen and oxygen atoms in total. The Labute approximate surface area is 197 Å². The molecule has 33 heavy (non-hydrogen) atoms. The van der Waals surface area contributed by atoms with E-state index in [1.54, 1.807) is 0 Å². The number of nitrogens with zero attached hydrogens (tertiary/aromatic N) is 1. The Hall–Kier alpha value is -2.79. The van der Waals surface area contributed by atoms with Crippen LogP contribution in [0, 0.1) is 0 Å². The standard InChI is InChI=1S/C29H33NO3/c1-23(26-15-9-4-10-16-26)30-18-17-27(31)19-28(30)29(33-21-25-13-7-3-8-14-25)22-32-20-24-11-5-2-6-12-24/h2-16,23,28-29H,17-22H2,1H3/t23-,28+,29+/m0/s1. The van der Waals surface area contributed by atoms with Crippen LogP contribution in [0.4, 0.5) is 0 Å². The van der Waals surface area contributed by atoms with E-state index in [1.165, 1.54) is 5.56 Å². The highest BCUT2D eigenvalue weighted by atomic mass is 16.5. The van der Waals surface area contributed by atoms with Gasteiger partial charge in [0.1, 0.15) is 5.78 Å². The molecule has 1 aliphatic heterocycles. The number of hydrogen-bond acceptors (Lipinski definition) is 4. The third kappa shape index (κ3) is 6.61. The summed E-state index contributed by atoms with van der Waals surface area (Å²) in [6.45, 7) is 4.43. The molecule has 0 N–H and O–H groups in total. The molecular weight excluding hydrogens is 410 g/mol. The van der Waals surface area contributed by atoms with Crippen LogP contribution < -0.4 is 0 Å². The number of carbonyl (C=O) groups excluding carboxylic acids is 1. The monoisotopic (exact) mass is 443 g/mol. The first-order valence-electron chi connectivity index (χ1n) is 11.8. The Morgan fingerprint density at radius 3 is 2.06 bits per heavy atom. The highest BCUT2D eigenvalue weighted by Gasteiger charge is 2.37. The topological polar surface area (TPSA) is 38.8 Å². The van der Waals surface area contributed by atoms with E-state index in [-0.39, 0.29) is 18.2 Å². The van der Waals surface area contributed by atoms with Gasteiger partial charge in [-0.2, -0.15) is 0 Å². The van der Waals surface area contributed by atoms with Gasteiger partial charge in [0.05, 0.1) is 25.9 Å². The van der Waals surface area contributed by atoms with Crippen molar-refractivity contribution in [3.63, 3.8) is 0 Å². The van der Waals surface area contributed by atoms with Crippen molar-refractivity contribution < 1.29 is 14.3 Å². The van der Waals surface area contributed by atoms with Gasteiger partial charge in [-0.15, -0.1) is 0 Å². The molecule has 4 heteroatoms. The molecule has 0 aromatic heterocycles. The molecule has 1 aliphatic rings. The van der Waals surface area contributed by atoms with Gasteiger partial charge in [-0.3, -0.25) is 9.69 Å². The van der Waals surface area contributed by atoms with Crippen LogP contribution in [0.25, 0.3) is 0 Å². The molecule has 0 radical (unpaired) electrons. The third-order valence-electron chi connectivity index (χ3n) is 6.42. The summed E-state index contributed by atoms with van der Waals surface area (Å²) in [5.41, 5.74) is 3.51. The summed E-state index contributed by atoms with van der Waals surface area (Å²) in [7, 11) is 0. The van der Waals surface area contributed by atoms with Gasteiger partial charge in [0.15, 0.2) is 0 Å². The zero-order valence-electron chi connectivity index (χ0n) is 19.3. The first kappa shape index (κ1) is 23.4. The number of carbonyl (C=O) groups is 1. The second kappa shape index (κ2) is 11.9. The number of piperidine rings is 1. The van der Waals surface area contributed by atoms with Gasteiger partial charge < -0.3 is 9.47 Å². The Balaban J connectivity index is 1.51. The summed E-state index contributed by atoms with van der Waals surface area (Å²) < 4.78 is 12.6. The van der Waals surface area contributed by atoms with Crippen LogP contribution >= 0.6 is 0 Å². The van der Waals surface area contributed by atoms with Gasteiger partial charge >= 0.3 is 0 Å². The number of hydrogen-bond donors (Lipinski definition) is 0. The van der Waals surface area contributed by atoms with Crippen molar-refractivity contribution in [2.45, 2.75) is 51.2 Å². The lowest BCUT2D eigenvalue weighted by molar-refractivity contribution is -0.132. The second-order valence-corrected chi connectivity index (χ2v) is 8.72. The summed E-state index contributed by atoms with van der Waals surface area (Å²) in [6, 6.07) is 31.0. The van der Waals surface area contributed by atoms with Gasteiger partial charge in [0, 0.05) is 31.5 Å². The van der Waals surface area contributed by atoms with Crippen molar-refractivity contribution in [3.05, 3.63) is 108 Å². The molecule has 1 saturated heterocycles. The van der Waals surface area contributed by atoms with E-state index in [0.717, 1.165) is 17.7 Å². The van der Waals surface area contributed by atoms with E-state index in [0.29, 0.717) is 38.4 Å². The lowest BCUT2D eigenvalue weighted by atomic mass is 9.92. The van der Waals surface area contributed by atoms with Gasteiger partial charge in [0.25, 0.3) is 0 Å². The summed E-state index contributed by atoms with van der Waals surface area (Å²) in [6.07, 6.45) is 0.874. The molecule has 0 unspecified atom stereocenters. The number of rotatable bonds is 10. The molecule has 0 spiro atoms. The number of Topliss-reactive ketones (excluding diaryl/α,β-unsaturated/α-hetero) is 1. The van der Waals surface area contributed by atoms with E-state index in [9.17, 15) is 4.79 Å². The van der Waals surface area contributed by atoms with Crippen LogP contribution in [0.15, 0.2) is 91.0 Å². The van der Waals surface area contributed by atoms with Crippen molar-refractivity contribution in [1.29, 1.82) is 0 Å². The fourth-order valence-corrected chi connectivity index (χ4v) is 4.54. The predicted molar refractivity (Wildman–Crippen MR) is 131 cm³/mol. The van der Waals surface area contributed by atoms with E-state index >= 15 is 0 Å². The summed E-state index contributed by atoms with van der Waals surface area (Å²) in [5, 5.41) is 0. The highest BCUT2D eigenvalue weighted by Crippen LogP contribution is 2.30. The maximum atomic E-state index is 12.5. The molecule has 1 heterocycles. The second-order valence-electron chi connectivity index (χ2n) is 8.72. The van der Waals surface area contributed by atoms with Gasteiger partial charge in [-0.05, 0) is 23.6 Å². The number of likely N-dealkylation sites (tertiary alicyclic amines) is 1. The van der Waals surface area contributed by atoms with Crippen molar-refractivity contribution in [2.75, 3.05) is 13.2 Å². The molecule has 0 amide bonds. The zero-order valence-corrected chi connectivity index (χ0v) is 19.3.